The van der Waals surface area contributed by atoms with Crippen molar-refractivity contribution in [2.24, 2.45) is 23.2 Å². The van der Waals surface area contributed by atoms with Crippen LogP contribution in [0.2, 0.25) is 0 Å². The number of ether oxygens (including phenoxy) is 2. The maximum absolute atomic E-state index is 13.1. The van der Waals surface area contributed by atoms with Crippen molar-refractivity contribution in [2.45, 2.75) is 151 Å². The third-order valence-corrected chi connectivity index (χ3v) is 18.4. The first-order chi connectivity index (χ1) is 44.9. The predicted molar refractivity (Wildman–Crippen MR) is 390 cm³/mol. The lowest BCUT2D eigenvalue weighted by Crippen LogP contribution is -2.55. The average Bonchev–Trinajstić information content (AvgIpc) is 1.63. The number of carbonyl (C=O) groups excluding carboxylic acids is 6. The van der Waals surface area contributed by atoms with E-state index in [0.29, 0.717) is 55.3 Å². The third-order valence-electron chi connectivity index (χ3n) is 14.4. The number of hydrogen-bond donors (Lipinski definition) is 8. The van der Waals surface area contributed by atoms with Gasteiger partial charge in [0.05, 0.1) is 29.8 Å². The van der Waals surface area contributed by atoms with Gasteiger partial charge in [-0.2, -0.15) is 47.0 Å². The molecule has 2 aliphatic heterocycles. The van der Waals surface area contributed by atoms with Gasteiger partial charge in [0, 0.05) is 67.9 Å². The lowest BCUT2D eigenvalue weighted by Gasteiger charge is -2.33. The van der Waals surface area contributed by atoms with E-state index in [-0.39, 0.29) is 64.5 Å². The largest absolute Gasteiger partial charge is 0.481 e. The van der Waals surface area contributed by atoms with Gasteiger partial charge in [-0.1, -0.05) is 142 Å². The predicted octanol–water partition coefficient (Wildman–Crippen LogP) is 9.83. The minimum atomic E-state index is -1.31. The molecule has 2 fully saturated rings. The number of imide groups is 2. The number of unbranched alkanes of at least 4 members (excludes halogenated alkanes) is 1. The zero-order valence-electron chi connectivity index (χ0n) is 59.8. The van der Waals surface area contributed by atoms with Crippen molar-refractivity contribution >= 4 is 107 Å². The van der Waals surface area contributed by atoms with E-state index in [1.54, 1.807) is 68.2 Å². The second kappa shape index (κ2) is 49.4. The molecule has 27 heteroatoms. The van der Waals surface area contributed by atoms with Crippen LogP contribution >= 0.6 is 47.0 Å². The molecule has 2 aliphatic rings. The Bertz CT molecular complexity index is 2710. The van der Waals surface area contributed by atoms with Crippen molar-refractivity contribution in [3.63, 3.8) is 0 Å². The van der Waals surface area contributed by atoms with Crippen LogP contribution in [0.1, 0.15) is 120 Å². The molecule has 0 radical (unpaired) electrons. The molecule has 0 bridgehead atoms. The van der Waals surface area contributed by atoms with Crippen LogP contribution in [0.5, 0.6) is 0 Å². The fourth-order valence-corrected chi connectivity index (χ4v) is 11.8. The van der Waals surface area contributed by atoms with Crippen LogP contribution in [0.4, 0.5) is 9.59 Å². The van der Waals surface area contributed by atoms with Crippen molar-refractivity contribution in [1.29, 1.82) is 0 Å². The number of thioether (sulfide) groups is 4. The van der Waals surface area contributed by atoms with Gasteiger partial charge in [0.1, 0.15) is 23.7 Å². The van der Waals surface area contributed by atoms with Gasteiger partial charge < -0.3 is 56.1 Å². The molecule has 0 saturated carbocycles. The van der Waals surface area contributed by atoms with E-state index in [4.69, 9.17) is 29.9 Å². The van der Waals surface area contributed by atoms with E-state index in [9.17, 15) is 47.9 Å². The summed E-state index contributed by atoms with van der Waals surface area (Å²) in [5, 5.41) is 44.3. The highest BCUT2D eigenvalue weighted by molar-refractivity contribution is 8.00. The van der Waals surface area contributed by atoms with Crippen molar-refractivity contribution in [3.8, 4) is 0 Å². The van der Waals surface area contributed by atoms with E-state index < -0.39 is 59.7 Å². The number of amides is 6. The summed E-state index contributed by atoms with van der Waals surface area (Å²) in [6.45, 7) is 32.5. The molecule has 0 aromatic heterocycles. The summed E-state index contributed by atoms with van der Waals surface area (Å²) in [5.74, 6) is 0.934. The Balaban J connectivity index is 0. The van der Waals surface area contributed by atoms with Crippen LogP contribution < -0.4 is 21.3 Å². The van der Waals surface area contributed by atoms with Crippen molar-refractivity contribution in [1.82, 2.24) is 36.0 Å². The topological polar surface area (TPSA) is 328 Å². The van der Waals surface area contributed by atoms with Crippen LogP contribution in [0.15, 0.2) is 85.0 Å². The Morgan fingerprint density at radius 1 is 0.604 bits per heavy atom. The molecular weight excluding hydrogens is 1310 g/mol. The Hall–Kier alpha value is -6.10. The van der Waals surface area contributed by atoms with Crippen molar-refractivity contribution < 1.29 is 77.8 Å². The van der Waals surface area contributed by atoms with Crippen molar-refractivity contribution in [2.75, 3.05) is 101 Å². The van der Waals surface area contributed by atoms with Crippen LogP contribution in [0, 0.1) is 23.2 Å². The minimum Gasteiger partial charge on any atom is -0.481 e. The number of likely N-dealkylation sites (N-methyl/N-ethyl adjacent to an activating group) is 1. The van der Waals surface area contributed by atoms with Crippen LogP contribution in [-0.2, 0) is 60.7 Å². The molecule has 2 heterocycles. The summed E-state index contributed by atoms with van der Waals surface area (Å²) in [6, 6.07) is 18.6. The number of rotatable bonds is 34. The Labute approximate surface area is 588 Å². The number of cyclic esters (lactones) is 2. The van der Waals surface area contributed by atoms with Crippen LogP contribution in [0.25, 0.3) is 0 Å². The molecule has 6 atom stereocenters. The van der Waals surface area contributed by atoms with Crippen molar-refractivity contribution in [3.05, 3.63) is 96.1 Å². The molecule has 6 amide bonds. The fourth-order valence-electron chi connectivity index (χ4n) is 9.08. The molecule has 2 aromatic rings. The van der Waals surface area contributed by atoms with Gasteiger partial charge in [0.2, 0.25) is 17.7 Å². The smallest absolute Gasteiger partial charge is 0.417 e. The van der Waals surface area contributed by atoms with Crippen LogP contribution in [-0.4, -0.2) is 225 Å². The van der Waals surface area contributed by atoms with Gasteiger partial charge in [-0.3, -0.25) is 33.6 Å². The summed E-state index contributed by atoms with van der Waals surface area (Å²) in [6.07, 6.45) is 2.03. The van der Waals surface area contributed by atoms with E-state index in [1.165, 1.54) is 14.7 Å². The first-order valence-electron chi connectivity index (χ1n) is 32.2. The Morgan fingerprint density at radius 2 is 1.00 bits per heavy atom. The molecule has 8 N–H and O–H groups in total. The molecule has 0 spiro atoms. The van der Waals surface area contributed by atoms with E-state index in [0.717, 1.165) is 59.2 Å². The summed E-state index contributed by atoms with van der Waals surface area (Å²) in [4.78, 5) is 119. The highest BCUT2D eigenvalue weighted by Gasteiger charge is 2.52. The summed E-state index contributed by atoms with van der Waals surface area (Å²) in [7, 11) is 8.87. The fraction of sp³-hybridized carbons (Fsp3) is 0.623. The molecule has 0 aliphatic carbocycles. The normalized spacial score (nSPS) is 16.1. The molecule has 23 nitrogen and oxygen atoms in total. The van der Waals surface area contributed by atoms with Gasteiger partial charge in [-0.25, -0.2) is 24.2 Å². The van der Waals surface area contributed by atoms with Gasteiger partial charge in [-0.15, -0.1) is 0 Å². The van der Waals surface area contributed by atoms with E-state index >= 15 is 0 Å². The number of carboxylic acids is 4. The van der Waals surface area contributed by atoms with Gasteiger partial charge >= 0.3 is 36.1 Å². The average molecular weight is 1420 g/mol. The summed E-state index contributed by atoms with van der Waals surface area (Å²) >= 11 is 6.58. The minimum absolute atomic E-state index is 0.0552. The molecule has 4 rings (SSSR count). The number of hydrogen-bond acceptors (Lipinski definition) is 19. The van der Waals surface area contributed by atoms with Gasteiger partial charge in [0.15, 0.2) is 0 Å². The highest BCUT2D eigenvalue weighted by Crippen LogP contribution is 2.35. The third kappa shape index (κ3) is 36.5. The molecule has 2 saturated heterocycles. The number of benzene rings is 2. The zero-order valence-corrected chi connectivity index (χ0v) is 63.1. The van der Waals surface area contributed by atoms with E-state index in [1.807, 2.05) is 144 Å². The highest BCUT2D eigenvalue weighted by atomic mass is 32.2. The Kier molecular flexibility index (Phi) is 47.3. The van der Waals surface area contributed by atoms with Gasteiger partial charge in [-0.05, 0) is 108 Å². The van der Waals surface area contributed by atoms with Crippen LogP contribution in [0.3, 0.4) is 0 Å². The zero-order chi connectivity index (χ0) is 73.9. The Morgan fingerprint density at radius 3 is 1.36 bits per heavy atom. The molecular formula is C69H113N7O16S4. The SMILES string of the molecule is C=C(CSCC)C(=O)N1C(=O)OC(C)(C)[C@@H]1Cc1ccccc1.C=C(CSCC)C(=O)O.CCCC[C@H](CNC)C(=O)N1C(=O)OC(C)(C)[C@@H]1Cc1ccccc1.CCSC[C@H](CNC)C(=O)N[C@H](C(=O)N(C)C)C(C)(C)C.CCSC[C@H](CNC)C(=O)O.O=C(O)CC(=O)O. The standard InChI is InChI=1S/C20H30N2O3.C18H23NO3S.C15H31N3O2S.C7H15NO2S.C6H10O2S.C3H4O4/c1-5-6-12-16(14-21-4)18(23)22-17(20(2,3)25-19(22)24)13-15-10-8-7-9-11-15;1-5-23-12-13(2)16(20)19-15(18(3,4)22-17(19)21)11-14-9-7-6-8-10-14;1-8-21-10-11(9-16-5)13(19)17-12(15(2,3)4)14(20)18(6)7;1-3-11-5-6(4-8-2)7(9)10;1-3-9-4-5(2)6(7)8;4-2(5)1-3(6)7/h7-11,16-17,21H,5-6,12-14H2,1-4H3;6-10,15H,2,5,11-12H2,1,3-4H3;11-12,16H,8-10H2,1-7H3,(H,17,19);6,8H,3-5H2,1-2H3,(H,9,10);2-4H2,1H3,(H,7,8);1H2,(H,4,5)(H,6,7)/t16-,17+;15-;11-,12+;6-;;/m1000../s1. The number of nitrogens with one attached hydrogen (secondary N) is 4. The number of nitrogens with zero attached hydrogens (tertiary/aromatic N) is 3. The number of aliphatic carboxylic acids is 4. The first-order valence-corrected chi connectivity index (χ1v) is 36.8. The maximum Gasteiger partial charge on any atom is 0.417 e. The first kappa shape index (κ1) is 92.0. The monoisotopic (exact) mass is 1420 g/mol. The molecule has 0 unspecified atom stereocenters. The quantitative estimate of drug-likeness (QED) is 0.0239. The lowest BCUT2D eigenvalue weighted by atomic mass is 9.85. The van der Waals surface area contributed by atoms with E-state index in [2.05, 4.69) is 48.3 Å². The second-order valence-corrected chi connectivity index (χ2v) is 29.8. The molecule has 544 valence electrons. The second-order valence-electron chi connectivity index (χ2n) is 24.6. The number of carboxylic acid groups (broad SMARTS) is 4. The number of carbonyl (C=O) groups is 10. The lowest BCUT2D eigenvalue weighted by molar-refractivity contribution is -0.147. The maximum atomic E-state index is 13.1. The summed E-state index contributed by atoms with van der Waals surface area (Å²) in [5.41, 5.74) is 1.13. The molecule has 96 heavy (non-hydrogen) atoms. The molecule has 2 aromatic carbocycles. The summed E-state index contributed by atoms with van der Waals surface area (Å²) < 4.78 is 11.0. The van der Waals surface area contributed by atoms with Gasteiger partial charge in [0.25, 0.3) is 5.91 Å².